The molecule has 4 nitrogen and oxygen atoms in total. The van der Waals surface area contributed by atoms with Crippen LogP contribution in [0.3, 0.4) is 0 Å². The van der Waals surface area contributed by atoms with Crippen molar-refractivity contribution in [3.63, 3.8) is 0 Å². The van der Waals surface area contributed by atoms with E-state index in [4.69, 9.17) is 14.4 Å². The summed E-state index contributed by atoms with van der Waals surface area (Å²) in [6.07, 6.45) is 0. The highest BCUT2D eigenvalue weighted by molar-refractivity contribution is 7.30. The van der Waals surface area contributed by atoms with E-state index in [1.54, 1.807) is 0 Å². The van der Waals surface area contributed by atoms with Gasteiger partial charge >= 0.3 is 8.25 Å². The van der Waals surface area contributed by atoms with Crippen LogP contribution in [0.1, 0.15) is 0 Å². The van der Waals surface area contributed by atoms with Crippen molar-refractivity contribution in [2.75, 3.05) is 0 Å². The third-order valence-electron chi connectivity index (χ3n) is 8.78. The van der Waals surface area contributed by atoms with E-state index in [1.165, 1.54) is 16.7 Å². The first-order valence-electron chi connectivity index (χ1n) is 16.0. The van der Waals surface area contributed by atoms with Crippen molar-refractivity contribution in [1.29, 1.82) is 0 Å². The lowest BCUT2D eigenvalue weighted by Gasteiger charge is -2.18. The lowest BCUT2D eigenvalue weighted by atomic mass is 9.87. The first-order valence-corrected chi connectivity index (χ1v) is 17.3. The van der Waals surface area contributed by atoms with Gasteiger partial charge in [0.1, 0.15) is 5.75 Å². The third-order valence-corrected chi connectivity index (χ3v) is 8.78. The molecule has 8 aromatic carbocycles. The van der Waals surface area contributed by atoms with Gasteiger partial charge in [-0.2, -0.15) is 0 Å². The fraction of sp³-hybridized carbons (Fsp3) is 0. The van der Waals surface area contributed by atoms with Gasteiger partial charge < -0.3 is 14.9 Å². The molecule has 0 aliphatic rings. The summed E-state index contributed by atoms with van der Waals surface area (Å²) < 4.78 is 8.74. The minimum Gasteiger partial charge on any atom is -0.507 e. The lowest BCUT2D eigenvalue weighted by Crippen LogP contribution is -1.91. The second-order valence-electron chi connectivity index (χ2n) is 11.8. The molecule has 0 aliphatic carbocycles. The molecule has 0 radical (unpaired) electrons. The molecule has 0 unspecified atom stereocenters. The number of aromatic hydroxyl groups is 1. The largest absolute Gasteiger partial charge is 0.507 e. The molecule has 0 saturated carbocycles. The highest BCUT2D eigenvalue weighted by Crippen LogP contribution is 2.47. The average Bonchev–Trinajstić information content (AvgIpc) is 3.15. The minimum atomic E-state index is -3.13. The van der Waals surface area contributed by atoms with E-state index in [2.05, 4.69) is 158 Å². The predicted molar refractivity (Wildman–Crippen MR) is 204 cm³/mol. The number of phenolic OH excluding ortho intramolecular Hbond substituents is 1. The summed E-state index contributed by atoms with van der Waals surface area (Å²) in [6.45, 7) is 0. The van der Waals surface area contributed by atoms with Gasteiger partial charge in [0.05, 0.1) is 0 Å². The molecule has 0 amide bonds. The van der Waals surface area contributed by atoms with E-state index < -0.39 is 8.25 Å². The van der Waals surface area contributed by atoms with Crippen LogP contribution in [0, 0.1) is 0 Å². The van der Waals surface area contributed by atoms with Gasteiger partial charge in [-0.15, -0.1) is 0 Å². The number of phenols is 1. The van der Waals surface area contributed by atoms with Crippen molar-refractivity contribution in [1.82, 2.24) is 0 Å². The molecule has 0 aliphatic heterocycles. The number of hydrogen-bond acceptors (Lipinski definition) is 2. The third kappa shape index (κ3) is 6.80. The summed E-state index contributed by atoms with van der Waals surface area (Å²) in [5.41, 5.74) is 10.7. The summed E-state index contributed by atoms with van der Waals surface area (Å²) in [5, 5.41) is 16.5. The van der Waals surface area contributed by atoms with Crippen LogP contribution >= 0.6 is 8.25 Å². The van der Waals surface area contributed by atoms with Gasteiger partial charge in [-0.3, -0.25) is 4.57 Å². The quantitative estimate of drug-likeness (QED) is 0.161. The van der Waals surface area contributed by atoms with Crippen molar-refractivity contribution >= 4 is 29.8 Å². The van der Waals surface area contributed by atoms with Crippen LogP contribution in [-0.2, 0) is 4.57 Å². The second kappa shape index (κ2) is 14.1. The fourth-order valence-electron chi connectivity index (χ4n) is 6.47. The highest BCUT2D eigenvalue weighted by Gasteiger charge is 2.19. The van der Waals surface area contributed by atoms with Crippen LogP contribution < -0.4 is 0 Å². The number of rotatable bonds is 5. The molecule has 0 heterocycles. The molecule has 0 atom stereocenters. The van der Waals surface area contributed by atoms with Crippen LogP contribution in [0.5, 0.6) is 5.75 Å². The Bertz CT molecular complexity index is 2400. The van der Waals surface area contributed by atoms with Gasteiger partial charge in [-0.1, -0.05) is 158 Å². The molecule has 238 valence electrons. The molecule has 0 fully saturated rings. The Balaban J connectivity index is 0.000000898. The summed E-state index contributed by atoms with van der Waals surface area (Å²) in [5.74, 6) is 0.294. The van der Waals surface area contributed by atoms with E-state index in [-0.39, 0.29) is 0 Å². The zero-order chi connectivity index (χ0) is 33.7. The van der Waals surface area contributed by atoms with Crippen molar-refractivity contribution in [2.24, 2.45) is 0 Å². The van der Waals surface area contributed by atoms with Gasteiger partial charge in [-0.25, -0.2) is 0 Å². The minimum absolute atomic E-state index is 0.294. The zero-order valence-electron chi connectivity index (χ0n) is 26.5. The Labute approximate surface area is 285 Å². The standard InChI is InChI=1S/C44H30O.H3O3P/c45-44-41(35-25-23-33(24-26-35)31-13-5-2-6-14-31)28-37-16-8-10-18-40(37)43(44)42-29-38(27-36-15-7-9-17-39(36)42)34-21-19-32(20-22-34)30-11-3-1-4-12-30;1-4(2)3/h1-29,45H;4H,(H2,1,2,3). The Morgan fingerprint density at radius 3 is 1.29 bits per heavy atom. The maximum absolute atomic E-state index is 12.2. The Morgan fingerprint density at radius 2 is 0.755 bits per heavy atom. The molecule has 3 N–H and O–H groups in total. The molecule has 8 rings (SSSR count). The summed E-state index contributed by atoms with van der Waals surface area (Å²) >= 11 is 0. The second-order valence-corrected chi connectivity index (χ2v) is 12.3. The van der Waals surface area contributed by atoms with E-state index in [0.29, 0.717) is 5.75 Å². The molecule has 49 heavy (non-hydrogen) atoms. The highest BCUT2D eigenvalue weighted by atomic mass is 31.1. The number of hydrogen-bond donors (Lipinski definition) is 3. The monoisotopic (exact) mass is 656 g/mol. The van der Waals surface area contributed by atoms with Gasteiger partial charge in [0.15, 0.2) is 0 Å². The SMILES string of the molecule is O=[PH](O)O.Oc1c(-c2ccc(-c3ccccc3)cc2)cc2ccccc2c1-c1cc(-c2ccc(-c3ccccc3)cc2)cc2ccccc12. The fourth-order valence-corrected chi connectivity index (χ4v) is 6.47. The smallest absolute Gasteiger partial charge is 0.314 e. The normalized spacial score (nSPS) is 11.0. The van der Waals surface area contributed by atoms with Crippen molar-refractivity contribution in [3.8, 4) is 61.4 Å². The maximum atomic E-state index is 12.2. The molecule has 0 aromatic heterocycles. The average molecular weight is 657 g/mol. The van der Waals surface area contributed by atoms with Gasteiger partial charge in [0.2, 0.25) is 0 Å². The Kier molecular flexibility index (Phi) is 9.19. The molecule has 5 heteroatoms. The Morgan fingerprint density at radius 1 is 0.367 bits per heavy atom. The van der Waals surface area contributed by atoms with E-state index >= 15 is 0 Å². The van der Waals surface area contributed by atoms with Crippen molar-refractivity contribution < 1.29 is 19.5 Å². The molecular weight excluding hydrogens is 623 g/mol. The van der Waals surface area contributed by atoms with Crippen molar-refractivity contribution in [2.45, 2.75) is 0 Å². The van der Waals surface area contributed by atoms with E-state index in [0.717, 1.165) is 60.5 Å². The van der Waals surface area contributed by atoms with Gasteiger partial charge in [0.25, 0.3) is 0 Å². The molecule has 8 aromatic rings. The van der Waals surface area contributed by atoms with Gasteiger partial charge in [-0.05, 0) is 84.3 Å². The topological polar surface area (TPSA) is 77.8 Å². The van der Waals surface area contributed by atoms with E-state index in [9.17, 15) is 5.11 Å². The van der Waals surface area contributed by atoms with Crippen LogP contribution in [-0.4, -0.2) is 14.9 Å². The predicted octanol–water partition coefficient (Wildman–Crippen LogP) is 11.4. The van der Waals surface area contributed by atoms with Crippen LogP contribution in [0.4, 0.5) is 0 Å². The summed E-state index contributed by atoms with van der Waals surface area (Å²) in [7, 11) is -3.13. The lowest BCUT2D eigenvalue weighted by molar-refractivity contribution is 0.405. The van der Waals surface area contributed by atoms with Gasteiger partial charge in [0, 0.05) is 11.1 Å². The number of benzene rings is 8. The summed E-state index contributed by atoms with van der Waals surface area (Å²) in [4.78, 5) is 14.3. The maximum Gasteiger partial charge on any atom is 0.314 e. The summed E-state index contributed by atoms with van der Waals surface area (Å²) in [6, 6.07) is 61.5. The Hall–Kier alpha value is -5.77. The number of fused-ring (bicyclic) bond motifs is 2. The first-order chi connectivity index (χ1) is 24.0. The van der Waals surface area contributed by atoms with Crippen molar-refractivity contribution in [3.05, 3.63) is 176 Å². The first kappa shape index (κ1) is 31.8. The van der Waals surface area contributed by atoms with Crippen LogP contribution in [0.2, 0.25) is 0 Å². The van der Waals surface area contributed by atoms with Crippen LogP contribution in [0.15, 0.2) is 176 Å². The molecular formula is C44H33O4P. The van der Waals surface area contributed by atoms with Crippen LogP contribution in [0.25, 0.3) is 77.2 Å². The zero-order valence-corrected chi connectivity index (χ0v) is 27.5. The molecule has 0 bridgehead atoms. The van der Waals surface area contributed by atoms with E-state index in [1.807, 2.05) is 18.2 Å². The molecule has 0 spiro atoms. The molecule has 0 saturated heterocycles.